The second-order valence-corrected chi connectivity index (χ2v) is 9.72. The summed E-state index contributed by atoms with van der Waals surface area (Å²) in [5, 5.41) is 10.1. The molecule has 3 aromatic rings. The van der Waals surface area contributed by atoms with Crippen LogP contribution < -0.4 is 20.7 Å². The number of ether oxygens (including phenoxy) is 2. The number of halogens is 2. The third-order valence-electron chi connectivity index (χ3n) is 6.32. The normalized spacial score (nSPS) is 17.0. The minimum atomic E-state index is -0.523. The van der Waals surface area contributed by atoms with Gasteiger partial charge in [0.2, 0.25) is 11.9 Å². The van der Waals surface area contributed by atoms with Crippen LogP contribution in [0.3, 0.4) is 0 Å². The summed E-state index contributed by atoms with van der Waals surface area (Å²) in [6.07, 6.45) is 5.55. The van der Waals surface area contributed by atoms with Crippen LogP contribution in [0.5, 0.6) is 5.75 Å². The summed E-state index contributed by atoms with van der Waals surface area (Å²) >= 11 is 6.03. The van der Waals surface area contributed by atoms with E-state index in [-0.39, 0.29) is 29.8 Å². The molecule has 202 valence electrons. The first-order valence-corrected chi connectivity index (χ1v) is 13.2. The van der Waals surface area contributed by atoms with E-state index in [1.54, 1.807) is 7.11 Å². The lowest BCUT2D eigenvalue weighted by atomic mass is 9.90. The molecule has 1 aromatic heterocycles. The fourth-order valence-electron chi connectivity index (χ4n) is 4.43. The van der Waals surface area contributed by atoms with E-state index in [9.17, 15) is 9.18 Å². The monoisotopic (exact) mass is 541 g/mol. The van der Waals surface area contributed by atoms with Crippen LogP contribution in [0.25, 0.3) is 0 Å². The van der Waals surface area contributed by atoms with Crippen molar-refractivity contribution >= 4 is 35.0 Å². The highest BCUT2D eigenvalue weighted by Crippen LogP contribution is 2.25. The Bertz CT molecular complexity index is 1200. The SMILES string of the molecule is COCCOc1ccc(Nc2ncc(F)c(NC3CCCC(NC(=O)CCc4cccc(Cl)c4)C3)n2)cc1. The summed E-state index contributed by atoms with van der Waals surface area (Å²) in [6, 6.07) is 14.9. The fourth-order valence-corrected chi connectivity index (χ4v) is 4.64. The molecule has 10 heteroatoms. The Hall–Kier alpha value is -3.43. The van der Waals surface area contributed by atoms with E-state index in [0.29, 0.717) is 37.5 Å². The molecule has 2 unspecified atom stereocenters. The number of hydrogen-bond donors (Lipinski definition) is 3. The number of amides is 1. The van der Waals surface area contributed by atoms with Gasteiger partial charge in [0.1, 0.15) is 12.4 Å². The highest BCUT2D eigenvalue weighted by Gasteiger charge is 2.24. The van der Waals surface area contributed by atoms with E-state index >= 15 is 0 Å². The van der Waals surface area contributed by atoms with Gasteiger partial charge in [-0.25, -0.2) is 9.37 Å². The second kappa shape index (κ2) is 13.9. The molecule has 38 heavy (non-hydrogen) atoms. The Morgan fingerprint density at radius 1 is 1.13 bits per heavy atom. The zero-order valence-electron chi connectivity index (χ0n) is 21.4. The minimum Gasteiger partial charge on any atom is -0.491 e. The molecule has 0 spiro atoms. The highest BCUT2D eigenvalue weighted by molar-refractivity contribution is 6.30. The first-order chi connectivity index (χ1) is 18.5. The number of nitrogens with zero attached hydrogens (tertiary/aromatic N) is 2. The van der Waals surface area contributed by atoms with Gasteiger partial charge in [-0.05, 0) is 74.1 Å². The summed E-state index contributed by atoms with van der Waals surface area (Å²) in [5.74, 6) is 0.623. The third kappa shape index (κ3) is 8.56. The Kier molecular flexibility index (Phi) is 10.1. The summed E-state index contributed by atoms with van der Waals surface area (Å²) in [5.41, 5.74) is 1.78. The van der Waals surface area contributed by atoms with Gasteiger partial charge in [-0.2, -0.15) is 4.98 Å². The lowest BCUT2D eigenvalue weighted by molar-refractivity contribution is -0.122. The van der Waals surface area contributed by atoms with Gasteiger partial charge in [0, 0.05) is 36.3 Å². The molecule has 4 rings (SSSR count). The minimum absolute atomic E-state index is 0.00504. The van der Waals surface area contributed by atoms with Gasteiger partial charge in [-0.15, -0.1) is 0 Å². The number of rotatable bonds is 12. The lowest BCUT2D eigenvalue weighted by Crippen LogP contribution is -2.42. The molecule has 0 saturated heterocycles. The van der Waals surface area contributed by atoms with Crippen LogP contribution >= 0.6 is 11.6 Å². The fraction of sp³-hybridized carbons (Fsp3) is 0.393. The number of methoxy groups -OCH3 is 1. The molecule has 2 aromatic carbocycles. The van der Waals surface area contributed by atoms with Crippen LogP contribution in [0, 0.1) is 5.82 Å². The molecule has 1 aliphatic carbocycles. The van der Waals surface area contributed by atoms with Gasteiger partial charge in [-0.3, -0.25) is 4.79 Å². The van der Waals surface area contributed by atoms with Gasteiger partial charge < -0.3 is 25.4 Å². The Balaban J connectivity index is 1.28. The molecule has 0 bridgehead atoms. The maximum Gasteiger partial charge on any atom is 0.229 e. The largest absolute Gasteiger partial charge is 0.491 e. The summed E-state index contributed by atoms with van der Waals surface area (Å²) in [6.45, 7) is 0.978. The van der Waals surface area contributed by atoms with Crippen LogP contribution in [0.15, 0.2) is 54.7 Å². The smallest absolute Gasteiger partial charge is 0.229 e. The van der Waals surface area contributed by atoms with Crippen LogP contribution in [0.1, 0.15) is 37.7 Å². The molecule has 3 N–H and O–H groups in total. The van der Waals surface area contributed by atoms with Gasteiger partial charge >= 0.3 is 0 Å². The van der Waals surface area contributed by atoms with Gasteiger partial charge in [-0.1, -0.05) is 23.7 Å². The summed E-state index contributed by atoms with van der Waals surface area (Å²) < 4.78 is 25.1. The quantitative estimate of drug-likeness (QED) is 0.260. The number of nitrogens with one attached hydrogen (secondary N) is 3. The van der Waals surface area contributed by atoms with Crippen molar-refractivity contribution in [3.63, 3.8) is 0 Å². The Morgan fingerprint density at radius 3 is 2.74 bits per heavy atom. The third-order valence-corrected chi connectivity index (χ3v) is 6.56. The Morgan fingerprint density at radius 2 is 1.95 bits per heavy atom. The second-order valence-electron chi connectivity index (χ2n) is 9.28. The summed E-state index contributed by atoms with van der Waals surface area (Å²) in [7, 11) is 1.62. The molecule has 1 fully saturated rings. The predicted octanol–water partition coefficient (Wildman–Crippen LogP) is 5.51. The number of aromatic nitrogens is 2. The molecule has 0 aliphatic heterocycles. The zero-order chi connectivity index (χ0) is 26.7. The molecule has 1 heterocycles. The van der Waals surface area contributed by atoms with Gasteiger partial charge in [0.25, 0.3) is 0 Å². The van der Waals surface area contributed by atoms with Crippen molar-refractivity contribution in [1.82, 2.24) is 15.3 Å². The van der Waals surface area contributed by atoms with Crippen LogP contribution in [0.4, 0.5) is 21.8 Å². The van der Waals surface area contributed by atoms with Crippen molar-refractivity contribution in [1.29, 1.82) is 0 Å². The van der Waals surface area contributed by atoms with Crippen molar-refractivity contribution in [2.24, 2.45) is 0 Å². The predicted molar refractivity (Wildman–Crippen MR) is 147 cm³/mol. The Labute approximate surface area is 227 Å². The lowest BCUT2D eigenvalue weighted by Gasteiger charge is -2.30. The van der Waals surface area contributed by atoms with Crippen molar-refractivity contribution in [3.8, 4) is 5.75 Å². The van der Waals surface area contributed by atoms with E-state index < -0.39 is 5.82 Å². The number of hydrogen-bond acceptors (Lipinski definition) is 7. The van der Waals surface area contributed by atoms with E-state index in [2.05, 4.69) is 25.9 Å². The standard InChI is InChI=1S/C28H33ClFN5O3/c1-37-14-15-38-24-11-9-21(10-12-24)34-28-31-18-25(30)27(35-28)33-23-7-3-6-22(17-23)32-26(36)13-8-19-4-2-5-20(29)16-19/h2,4-5,9-12,16,18,22-23H,3,6-8,13-15,17H2,1H3,(H,32,36)(H2,31,33,34,35). The topological polar surface area (TPSA) is 97.4 Å². The van der Waals surface area contributed by atoms with Gasteiger partial charge in [0.15, 0.2) is 11.6 Å². The molecule has 1 aliphatic rings. The number of aryl methyl sites for hydroxylation is 1. The van der Waals surface area contributed by atoms with Crippen molar-refractivity contribution < 1.29 is 18.7 Å². The van der Waals surface area contributed by atoms with E-state index in [4.69, 9.17) is 21.1 Å². The summed E-state index contributed by atoms with van der Waals surface area (Å²) in [4.78, 5) is 20.9. The molecular weight excluding hydrogens is 509 g/mol. The molecule has 1 saturated carbocycles. The number of anilines is 3. The van der Waals surface area contributed by atoms with Crippen molar-refractivity contribution in [2.45, 2.75) is 50.6 Å². The molecular formula is C28H33ClFN5O3. The van der Waals surface area contributed by atoms with Crippen molar-refractivity contribution in [3.05, 3.63) is 71.1 Å². The number of carbonyl (C=O) groups excluding carboxylic acids is 1. The maximum absolute atomic E-state index is 14.5. The van der Waals surface area contributed by atoms with Gasteiger partial charge in [0.05, 0.1) is 12.8 Å². The maximum atomic E-state index is 14.5. The van der Waals surface area contributed by atoms with Crippen LogP contribution in [-0.4, -0.2) is 48.3 Å². The average molecular weight is 542 g/mol. The van der Waals surface area contributed by atoms with E-state index in [0.717, 1.165) is 42.5 Å². The first-order valence-electron chi connectivity index (χ1n) is 12.8. The van der Waals surface area contributed by atoms with E-state index in [1.807, 2.05) is 48.5 Å². The molecule has 0 radical (unpaired) electrons. The zero-order valence-corrected chi connectivity index (χ0v) is 22.1. The molecule has 8 nitrogen and oxygen atoms in total. The molecule has 1 amide bonds. The van der Waals surface area contributed by atoms with E-state index in [1.165, 1.54) is 0 Å². The van der Waals surface area contributed by atoms with Crippen molar-refractivity contribution in [2.75, 3.05) is 31.0 Å². The number of benzene rings is 2. The first kappa shape index (κ1) is 27.6. The van der Waals surface area contributed by atoms with Crippen LogP contribution in [0.2, 0.25) is 5.02 Å². The highest BCUT2D eigenvalue weighted by atomic mass is 35.5. The number of carbonyl (C=O) groups is 1. The average Bonchev–Trinajstić information content (AvgIpc) is 2.91. The van der Waals surface area contributed by atoms with Crippen LogP contribution in [-0.2, 0) is 16.0 Å². The molecule has 2 atom stereocenters.